The summed E-state index contributed by atoms with van der Waals surface area (Å²) in [6.45, 7) is 2.23. The van der Waals surface area contributed by atoms with Gasteiger partial charge < -0.3 is 10.1 Å². The summed E-state index contributed by atoms with van der Waals surface area (Å²) in [5.74, 6) is 1.98. The van der Waals surface area contributed by atoms with Crippen LogP contribution in [0, 0.1) is 11.8 Å². The van der Waals surface area contributed by atoms with E-state index in [0.717, 1.165) is 24.5 Å². The lowest BCUT2D eigenvalue weighted by molar-refractivity contribution is 0.188. The van der Waals surface area contributed by atoms with E-state index in [1.165, 1.54) is 57.9 Å². The van der Waals surface area contributed by atoms with E-state index < -0.39 is 0 Å². The van der Waals surface area contributed by atoms with E-state index in [0.29, 0.717) is 0 Å². The molecule has 2 nitrogen and oxygen atoms in total. The number of unbranched alkanes of at least 4 members (excludes halogenated alkanes) is 1. The molecule has 2 saturated carbocycles. The first-order chi connectivity index (χ1) is 7.90. The van der Waals surface area contributed by atoms with Crippen LogP contribution in [0.15, 0.2) is 0 Å². The quantitative estimate of drug-likeness (QED) is 0.641. The highest BCUT2D eigenvalue weighted by atomic mass is 16.5. The lowest BCUT2D eigenvalue weighted by Gasteiger charge is -2.20. The fourth-order valence-corrected chi connectivity index (χ4v) is 3.02. The molecule has 0 radical (unpaired) electrons. The molecule has 2 aliphatic rings. The van der Waals surface area contributed by atoms with Crippen molar-refractivity contribution in [2.45, 2.75) is 57.4 Å². The average Bonchev–Trinajstić information content (AvgIpc) is 3.02. The van der Waals surface area contributed by atoms with Crippen LogP contribution in [0.5, 0.6) is 0 Å². The molecule has 2 rings (SSSR count). The second kappa shape index (κ2) is 6.61. The van der Waals surface area contributed by atoms with Crippen molar-refractivity contribution < 1.29 is 4.74 Å². The van der Waals surface area contributed by atoms with Crippen LogP contribution in [0.4, 0.5) is 0 Å². The molecule has 0 aromatic carbocycles. The Labute approximate surface area is 100 Å². The van der Waals surface area contributed by atoms with Crippen LogP contribution in [-0.2, 0) is 4.74 Å². The number of methoxy groups -OCH3 is 1. The van der Waals surface area contributed by atoms with Gasteiger partial charge >= 0.3 is 0 Å². The third-order valence-electron chi connectivity index (χ3n) is 4.24. The monoisotopic (exact) mass is 225 g/mol. The molecule has 0 saturated heterocycles. The molecular formula is C14H27NO. The highest BCUT2D eigenvalue weighted by Gasteiger charge is 2.28. The Morgan fingerprint density at radius 1 is 1.06 bits per heavy atom. The molecule has 1 N–H and O–H groups in total. The van der Waals surface area contributed by atoms with E-state index in [-0.39, 0.29) is 0 Å². The van der Waals surface area contributed by atoms with Crippen molar-refractivity contribution in [2.75, 3.05) is 20.3 Å². The first-order valence-corrected chi connectivity index (χ1v) is 7.12. The van der Waals surface area contributed by atoms with Gasteiger partial charge in [-0.25, -0.2) is 0 Å². The molecule has 2 atom stereocenters. The Kier molecular flexibility index (Phi) is 5.11. The molecule has 16 heavy (non-hydrogen) atoms. The molecule has 0 aromatic heterocycles. The summed E-state index contributed by atoms with van der Waals surface area (Å²) in [6.07, 6.45) is 11.3. The predicted octanol–water partition coefficient (Wildman–Crippen LogP) is 2.97. The third-order valence-corrected chi connectivity index (χ3v) is 4.24. The zero-order chi connectivity index (χ0) is 11.2. The Hall–Kier alpha value is -0.0800. The van der Waals surface area contributed by atoms with Crippen molar-refractivity contribution in [3.05, 3.63) is 0 Å². The van der Waals surface area contributed by atoms with Gasteiger partial charge in [-0.15, -0.1) is 0 Å². The smallest absolute Gasteiger partial charge is 0.0462 e. The second-order valence-electron chi connectivity index (χ2n) is 5.62. The topological polar surface area (TPSA) is 21.3 Å². The van der Waals surface area contributed by atoms with Crippen molar-refractivity contribution in [1.29, 1.82) is 0 Å². The van der Waals surface area contributed by atoms with Gasteiger partial charge in [-0.2, -0.15) is 0 Å². The molecule has 0 aromatic rings. The fourth-order valence-electron chi connectivity index (χ4n) is 3.02. The van der Waals surface area contributed by atoms with Gasteiger partial charge in [0.15, 0.2) is 0 Å². The number of nitrogens with one attached hydrogen (secondary N) is 1. The Morgan fingerprint density at radius 2 is 1.88 bits per heavy atom. The van der Waals surface area contributed by atoms with E-state index in [9.17, 15) is 0 Å². The minimum absolute atomic E-state index is 0.884. The molecular weight excluding hydrogens is 198 g/mol. The van der Waals surface area contributed by atoms with E-state index in [1.54, 1.807) is 7.11 Å². The average molecular weight is 225 g/mol. The van der Waals surface area contributed by atoms with Crippen LogP contribution >= 0.6 is 0 Å². The molecule has 0 aliphatic heterocycles. The van der Waals surface area contributed by atoms with Gasteiger partial charge in [-0.1, -0.05) is 25.7 Å². The van der Waals surface area contributed by atoms with Crippen molar-refractivity contribution in [3.8, 4) is 0 Å². The Bertz CT molecular complexity index is 191. The maximum absolute atomic E-state index is 5.11. The summed E-state index contributed by atoms with van der Waals surface area (Å²) in [6, 6.07) is 0.884. The lowest BCUT2D eigenvalue weighted by Crippen LogP contribution is -2.26. The molecule has 0 heterocycles. The Morgan fingerprint density at radius 3 is 2.62 bits per heavy atom. The van der Waals surface area contributed by atoms with Gasteiger partial charge in [0.05, 0.1) is 0 Å². The third kappa shape index (κ3) is 4.06. The second-order valence-corrected chi connectivity index (χ2v) is 5.62. The number of rotatable bonds is 8. The molecule has 94 valence electrons. The van der Waals surface area contributed by atoms with Crippen LogP contribution in [0.2, 0.25) is 0 Å². The summed E-state index contributed by atoms with van der Waals surface area (Å²) in [5, 5.41) is 3.71. The molecule has 0 bridgehead atoms. The maximum Gasteiger partial charge on any atom is 0.0462 e. The largest absolute Gasteiger partial charge is 0.385 e. The standard InChI is InChI=1S/C14H27NO/c1-16-10-3-2-5-12-6-4-7-13(12)11-15-14-8-9-14/h12-15H,2-11H2,1H3. The van der Waals surface area contributed by atoms with Crippen LogP contribution in [0.25, 0.3) is 0 Å². The molecule has 2 fully saturated rings. The van der Waals surface area contributed by atoms with Crippen molar-refractivity contribution >= 4 is 0 Å². The van der Waals surface area contributed by atoms with Gasteiger partial charge in [0.25, 0.3) is 0 Å². The fraction of sp³-hybridized carbons (Fsp3) is 1.00. The maximum atomic E-state index is 5.11. The molecule has 2 aliphatic carbocycles. The summed E-state index contributed by atoms with van der Waals surface area (Å²) >= 11 is 0. The minimum Gasteiger partial charge on any atom is -0.385 e. The van der Waals surface area contributed by atoms with Crippen LogP contribution < -0.4 is 5.32 Å². The number of hydrogen-bond donors (Lipinski definition) is 1. The van der Waals surface area contributed by atoms with Gasteiger partial charge in [0.2, 0.25) is 0 Å². The van der Waals surface area contributed by atoms with Gasteiger partial charge in [-0.3, -0.25) is 0 Å². The Balaban J connectivity index is 1.58. The van der Waals surface area contributed by atoms with Crippen LogP contribution in [-0.4, -0.2) is 26.3 Å². The summed E-state index contributed by atoms with van der Waals surface area (Å²) in [4.78, 5) is 0. The minimum atomic E-state index is 0.884. The van der Waals surface area contributed by atoms with Crippen molar-refractivity contribution in [3.63, 3.8) is 0 Å². The van der Waals surface area contributed by atoms with Gasteiger partial charge in [0.1, 0.15) is 0 Å². The SMILES string of the molecule is COCCCCC1CCCC1CNC1CC1. The normalized spacial score (nSPS) is 29.8. The first kappa shape index (κ1) is 12.4. The highest BCUT2D eigenvalue weighted by molar-refractivity contribution is 4.85. The number of hydrogen-bond acceptors (Lipinski definition) is 2. The lowest BCUT2D eigenvalue weighted by atomic mass is 9.91. The van der Waals surface area contributed by atoms with Crippen molar-refractivity contribution in [2.24, 2.45) is 11.8 Å². The first-order valence-electron chi connectivity index (χ1n) is 7.12. The molecule has 0 spiro atoms. The molecule has 2 heteroatoms. The van der Waals surface area contributed by atoms with Crippen molar-refractivity contribution in [1.82, 2.24) is 5.32 Å². The van der Waals surface area contributed by atoms with Crippen LogP contribution in [0.1, 0.15) is 51.4 Å². The zero-order valence-electron chi connectivity index (χ0n) is 10.7. The van der Waals surface area contributed by atoms with Gasteiger partial charge in [-0.05, 0) is 44.1 Å². The summed E-state index contributed by atoms with van der Waals surface area (Å²) in [7, 11) is 1.80. The highest BCUT2D eigenvalue weighted by Crippen LogP contribution is 2.35. The molecule has 2 unspecified atom stereocenters. The predicted molar refractivity (Wildman–Crippen MR) is 67.6 cm³/mol. The van der Waals surface area contributed by atoms with E-state index >= 15 is 0 Å². The van der Waals surface area contributed by atoms with E-state index in [1.807, 2.05) is 0 Å². The molecule has 0 amide bonds. The zero-order valence-corrected chi connectivity index (χ0v) is 10.7. The summed E-state index contributed by atoms with van der Waals surface area (Å²) in [5.41, 5.74) is 0. The number of ether oxygens (including phenoxy) is 1. The van der Waals surface area contributed by atoms with Gasteiger partial charge in [0, 0.05) is 19.8 Å². The van der Waals surface area contributed by atoms with E-state index in [4.69, 9.17) is 4.74 Å². The van der Waals surface area contributed by atoms with Crippen LogP contribution in [0.3, 0.4) is 0 Å². The van der Waals surface area contributed by atoms with E-state index in [2.05, 4.69) is 5.32 Å². The summed E-state index contributed by atoms with van der Waals surface area (Å²) < 4.78 is 5.11.